The van der Waals surface area contributed by atoms with Crippen molar-refractivity contribution in [1.29, 1.82) is 0 Å². The van der Waals surface area contributed by atoms with E-state index >= 15 is 0 Å². The largest absolute Gasteiger partial charge is 0.467 e. The molecule has 0 spiro atoms. The second kappa shape index (κ2) is 6.57. The standard InChI is InChI=1S/C12H17BrClN3O/c1-18-12-15-7-10(14)11(16-12)17-6-2-3-9(8-17)4-5-13/h7,9H,2-6,8H2,1H3. The van der Waals surface area contributed by atoms with E-state index in [0.29, 0.717) is 17.0 Å². The molecule has 1 fully saturated rings. The van der Waals surface area contributed by atoms with E-state index in [-0.39, 0.29) is 0 Å². The predicted molar refractivity (Wildman–Crippen MR) is 76.9 cm³/mol. The maximum atomic E-state index is 6.18. The molecule has 0 aliphatic carbocycles. The van der Waals surface area contributed by atoms with E-state index in [1.54, 1.807) is 13.3 Å². The number of nitrogens with zero attached hydrogens (tertiary/aromatic N) is 3. The number of aromatic nitrogens is 2. The second-order valence-electron chi connectivity index (χ2n) is 4.46. The van der Waals surface area contributed by atoms with Crippen molar-refractivity contribution in [2.75, 3.05) is 30.4 Å². The summed E-state index contributed by atoms with van der Waals surface area (Å²) < 4.78 is 5.06. The van der Waals surface area contributed by atoms with Gasteiger partial charge < -0.3 is 9.64 Å². The minimum absolute atomic E-state index is 0.372. The molecular weight excluding hydrogens is 318 g/mol. The molecule has 1 saturated heterocycles. The maximum absolute atomic E-state index is 6.18. The topological polar surface area (TPSA) is 38.2 Å². The van der Waals surface area contributed by atoms with Crippen molar-refractivity contribution < 1.29 is 4.74 Å². The average Bonchev–Trinajstić information content (AvgIpc) is 2.40. The first kappa shape index (κ1) is 13.9. The summed E-state index contributed by atoms with van der Waals surface area (Å²) in [7, 11) is 1.57. The average molecular weight is 335 g/mol. The fourth-order valence-corrected chi connectivity index (χ4v) is 3.17. The first-order valence-corrected chi connectivity index (χ1v) is 7.62. The molecule has 1 aliphatic heterocycles. The van der Waals surface area contributed by atoms with E-state index in [2.05, 4.69) is 30.8 Å². The molecule has 1 aromatic rings. The predicted octanol–water partition coefficient (Wildman–Crippen LogP) is 3.14. The number of ether oxygens (including phenoxy) is 1. The van der Waals surface area contributed by atoms with Gasteiger partial charge in [-0.05, 0) is 25.2 Å². The summed E-state index contributed by atoms with van der Waals surface area (Å²) in [6, 6.07) is 0.372. The van der Waals surface area contributed by atoms with Gasteiger partial charge in [-0.1, -0.05) is 27.5 Å². The lowest BCUT2D eigenvalue weighted by Crippen LogP contribution is -2.36. The molecule has 0 radical (unpaired) electrons. The molecule has 2 rings (SSSR count). The summed E-state index contributed by atoms with van der Waals surface area (Å²) in [4.78, 5) is 10.6. The fraction of sp³-hybridized carbons (Fsp3) is 0.667. The first-order chi connectivity index (χ1) is 8.74. The highest BCUT2D eigenvalue weighted by atomic mass is 79.9. The Morgan fingerprint density at radius 2 is 2.44 bits per heavy atom. The number of hydrogen-bond donors (Lipinski definition) is 0. The third-order valence-electron chi connectivity index (χ3n) is 3.22. The SMILES string of the molecule is COc1ncc(Cl)c(N2CCCC(CCBr)C2)n1. The molecule has 0 aromatic carbocycles. The van der Waals surface area contributed by atoms with Crippen molar-refractivity contribution in [1.82, 2.24) is 9.97 Å². The van der Waals surface area contributed by atoms with Crippen molar-refractivity contribution in [3.8, 4) is 6.01 Å². The van der Waals surface area contributed by atoms with Gasteiger partial charge in [-0.2, -0.15) is 4.98 Å². The Balaban J connectivity index is 2.14. The second-order valence-corrected chi connectivity index (χ2v) is 5.66. The van der Waals surface area contributed by atoms with Crippen LogP contribution in [-0.4, -0.2) is 35.5 Å². The first-order valence-electron chi connectivity index (χ1n) is 6.12. The molecule has 1 aliphatic rings. The van der Waals surface area contributed by atoms with E-state index < -0.39 is 0 Å². The Morgan fingerprint density at radius 1 is 1.61 bits per heavy atom. The van der Waals surface area contributed by atoms with E-state index in [1.807, 2.05) is 0 Å². The normalized spacial score (nSPS) is 19.9. The van der Waals surface area contributed by atoms with E-state index in [4.69, 9.17) is 16.3 Å². The van der Waals surface area contributed by atoms with Crippen molar-refractivity contribution in [3.05, 3.63) is 11.2 Å². The van der Waals surface area contributed by atoms with Crippen LogP contribution in [0, 0.1) is 5.92 Å². The van der Waals surface area contributed by atoms with Gasteiger partial charge in [0, 0.05) is 18.4 Å². The number of anilines is 1. The summed E-state index contributed by atoms with van der Waals surface area (Å²) in [5.41, 5.74) is 0. The number of alkyl halides is 1. The number of rotatable bonds is 4. The number of halogens is 2. The van der Waals surface area contributed by atoms with Gasteiger partial charge in [0.1, 0.15) is 5.02 Å². The molecule has 0 saturated carbocycles. The number of piperidine rings is 1. The lowest BCUT2D eigenvalue weighted by atomic mass is 9.96. The van der Waals surface area contributed by atoms with Gasteiger partial charge in [0.2, 0.25) is 0 Å². The van der Waals surface area contributed by atoms with Crippen LogP contribution in [0.2, 0.25) is 5.02 Å². The Bertz CT molecular complexity index is 403. The lowest BCUT2D eigenvalue weighted by Gasteiger charge is -2.33. The van der Waals surface area contributed by atoms with Crippen LogP contribution in [0.5, 0.6) is 6.01 Å². The van der Waals surface area contributed by atoms with Gasteiger partial charge in [-0.15, -0.1) is 0 Å². The molecule has 6 heteroatoms. The molecule has 4 nitrogen and oxygen atoms in total. The van der Waals surface area contributed by atoms with Gasteiger partial charge in [-0.3, -0.25) is 0 Å². The van der Waals surface area contributed by atoms with Crippen LogP contribution in [0.1, 0.15) is 19.3 Å². The van der Waals surface area contributed by atoms with Crippen molar-refractivity contribution in [3.63, 3.8) is 0 Å². The van der Waals surface area contributed by atoms with E-state index in [9.17, 15) is 0 Å². The highest BCUT2D eigenvalue weighted by Crippen LogP contribution is 2.29. The van der Waals surface area contributed by atoms with E-state index in [0.717, 1.165) is 24.2 Å². The molecular formula is C12H17BrClN3O. The number of hydrogen-bond acceptors (Lipinski definition) is 4. The lowest BCUT2D eigenvalue weighted by molar-refractivity contribution is 0.375. The van der Waals surface area contributed by atoms with Crippen LogP contribution in [0.25, 0.3) is 0 Å². The third-order valence-corrected chi connectivity index (χ3v) is 3.95. The molecule has 1 atom stereocenters. The van der Waals surface area contributed by atoms with Crippen LogP contribution >= 0.6 is 27.5 Å². The molecule has 0 amide bonds. The summed E-state index contributed by atoms with van der Waals surface area (Å²) >= 11 is 9.69. The Labute approximate surface area is 121 Å². The van der Waals surface area contributed by atoms with Crippen molar-refractivity contribution in [2.24, 2.45) is 5.92 Å². The zero-order chi connectivity index (χ0) is 13.0. The molecule has 0 bridgehead atoms. The van der Waals surface area contributed by atoms with Crippen LogP contribution in [0.15, 0.2) is 6.20 Å². The molecule has 2 heterocycles. The summed E-state index contributed by atoms with van der Waals surface area (Å²) in [6.07, 6.45) is 5.26. The van der Waals surface area contributed by atoms with Gasteiger partial charge in [0.25, 0.3) is 0 Å². The molecule has 1 aromatic heterocycles. The smallest absolute Gasteiger partial charge is 0.318 e. The highest BCUT2D eigenvalue weighted by molar-refractivity contribution is 9.09. The summed E-state index contributed by atoms with van der Waals surface area (Å²) in [5.74, 6) is 1.50. The van der Waals surface area contributed by atoms with Crippen LogP contribution < -0.4 is 9.64 Å². The van der Waals surface area contributed by atoms with Crippen LogP contribution in [0.4, 0.5) is 5.82 Å². The Kier molecular flexibility index (Phi) is 5.06. The molecule has 1 unspecified atom stereocenters. The van der Waals surface area contributed by atoms with Gasteiger partial charge >= 0.3 is 6.01 Å². The molecule has 100 valence electrons. The van der Waals surface area contributed by atoms with Gasteiger partial charge in [0.15, 0.2) is 5.82 Å². The molecule has 18 heavy (non-hydrogen) atoms. The fourth-order valence-electron chi connectivity index (χ4n) is 2.31. The summed E-state index contributed by atoms with van der Waals surface area (Å²) in [5, 5.41) is 1.64. The summed E-state index contributed by atoms with van der Waals surface area (Å²) in [6.45, 7) is 2.00. The van der Waals surface area contributed by atoms with Crippen molar-refractivity contribution >= 4 is 33.3 Å². The Hall–Kier alpha value is -0.550. The minimum Gasteiger partial charge on any atom is -0.467 e. The maximum Gasteiger partial charge on any atom is 0.318 e. The van der Waals surface area contributed by atoms with Crippen LogP contribution in [0.3, 0.4) is 0 Å². The van der Waals surface area contributed by atoms with Gasteiger partial charge in [0.05, 0.1) is 13.3 Å². The zero-order valence-corrected chi connectivity index (χ0v) is 12.7. The van der Waals surface area contributed by atoms with Crippen molar-refractivity contribution in [2.45, 2.75) is 19.3 Å². The molecule has 0 N–H and O–H groups in total. The number of methoxy groups -OCH3 is 1. The van der Waals surface area contributed by atoms with Crippen LogP contribution in [-0.2, 0) is 0 Å². The van der Waals surface area contributed by atoms with E-state index in [1.165, 1.54) is 19.3 Å². The zero-order valence-electron chi connectivity index (χ0n) is 10.4. The monoisotopic (exact) mass is 333 g/mol. The minimum atomic E-state index is 0.372. The van der Waals surface area contributed by atoms with Gasteiger partial charge in [-0.25, -0.2) is 4.98 Å². The quantitative estimate of drug-likeness (QED) is 0.793. The highest BCUT2D eigenvalue weighted by Gasteiger charge is 2.22. The third kappa shape index (κ3) is 3.26. The Morgan fingerprint density at radius 3 is 3.17 bits per heavy atom.